The summed E-state index contributed by atoms with van der Waals surface area (Å²) in [5.41, 5.74) is 4.21. The Labute approximate surface area is 192 Å². The molecule has 1 saturated heterocycles. The summed E-state index contributed by atoms with van der Waals surface area (Å²) in [5, 5.41) is 9.97. The molecule has 4 rings (SSSR count). The molecule has 172 valence electrons. The molecule has 0 bridgehead atoms. The molecule has 2 N–H and O–H groups in total. The highest BCUT2D eigenvalue weighted by atomic mass is 16.5. The van der Waals surface area contributed by atoms with Crippen LogP contribution in [0.25, 0.3) is 0 Å². The van der Waals surface area contributed by atoms with Crippen molar-refractivity contribution in [1.82, 2.24) is 25.1 Å². The van der Waals surface area contributed by atoms with E-state index in [4.69, 9.17) is 4.74 Å². The summed E-state index contributed by atoms with van der Waals surface area (Å²) in [5.74, 6) is 0.857. The van der Waals surface area contributed by atoms with Crippen LogP contribution in [0.3, 0.4) is 0 Å². The summed E-state index contributed by atoms with van der Waals surface area (Å²) >= 11 is 0. The Bertz CT molecular complexity index is 1170. The van der Waals surface area contributed by atoms with Gasteiger partial charge in [-0.2, -0.15) is 5.10 Å². The molecule has 1 aliphatic heterocycles. The quantitative estimate of drug-likeness (QED) is 0.598. The Balaban J connectivity index is 1.50. The first-order valence-corrected chi connectivity index (χ1v) is 11.0. The van der Waals surface area contributed by atoms with Crippen molar-refractivity contribution in [2.45, 2.75) is 46.1 Å². The highest BCUT2D eigenvalue weighted by molar-refractivity contribution is 6.05. The lowest BCUT2D eigenvalue weighted by molar-refractivity contribution is -0.131. The number of nitrogens with one attached hydrogen (secondary N) is 2. The van der Waals surface area contributed by atoms with Gasteiger partial charge in [0.05, 0.1) is 42.2 Å². The lowest BCUT2D eigenvalue weighted by Gasteiger charge is -2.24. The van der Waals surface area contributed by atoms with Crippen molar-refractivity contribution < 1.29 is 14.3 Å². The fourth-order valence-electron chi connectivity index (χ4n) is 4.23. The number of amides is 2. The molecule has 9 heteroatoms. The van der Waals surface area contributed by atoms with Crippen LogP contribution in [0, 0.1) is 20.8 Å². The number of carbonyl (C=O) groups excluding carboxylic acids is 2. The third-order valence-electron chi connectivity index (χ3n) is 6.08. The molecule has 3 heterocycles. The van der Waals surface area contributed by atoms with E-state index in [9.17, 15) is 9.59 Å². The number of aryl methyl sites for hydroxylation is 3. The van der Waals surface area contributed by atoms with Gasteiger partial charge in [-0.1, -0.05) is 12.1 Å². The number of hydrogen-bond acceptors (Lipinski definition) is 6. The molecule has 33 heavy (non-hydrogen) atoms. The van der Waals surface area contributed by atoms with Gasteiger partial charge in [0.25, 0.3) is 5.91 Å². The number of anilines is 1. The van der Waals surface area contributed by atoms with Gasteiger partial charge < -0.3 is 15.0 Å². The first-order valence-electron chi connectivity index (χ1n) is 11.0. The topological polar surface area (TPSA) is 113 Å². The van der Waals surface area contributed by atoms with Crippen molar-refractivity contribution in [3.63, 3.8) is 0 Å². The fraction of sp³-hybridized carbons (Fsp3) is 0.375. The summed E-state index contributed by atoms with van der Waals surface area (Å²) in [7, 11) is 1.55. The Kier molecular flexibility index (Phi) is 6.39. The summed E-state index contributed by atoms with van der Waals surface area (Å²) in [6.45, 7) is 6.26. The summed E-state index contributed by atoms with van der Waals surface area (Å²) < 4.78 is 5.30. The minimum absolute atomic E-state index is 0.0318. The second kappa shape index (κ2) is 9.40. The molecule has 1 aliphatic rings. The second-order valence-corrected chi connectivity index (χ2v) is 8.22. The molecule has 1 unspecified atom stereocenters. The molecule has 0 saturated carbocycles. The molecule has 2 aromatic heterocycles. The fourth-order valence-corrected chi connectivity index (χ4v) is 4.23. The molecule has 1 fully saturated rings. The first-order chi connectivity index (χ1) is 15.9. The maximum Gasteiger partial charge on any atom is 0.259 e. The number of H-pyrrole nitrogens is 1. The van der Waals surface area contributed by atoms with Crippen LogP contribution >= 0.6 is 0 Å². The van der Waals surface area contributed by atoms with Crippen molar-refractivity contribution in [1.29, 1.82) is 0 Å². The van der Waals surface area contributed by atoms with Gasteiger partial charge in [-0.15, -0.1) is 0 Å². The Hall–Kier alpha value is -3.75. The molecule has 3 aromatic rings. The van der Waals surface area contributed by atoms with Gasteiger partial charge in [-0.3, -0.25) is 14.7 Å². The van der Waals surface area contributed by atoms with E-state index in [0.29, 0.717) is 41.5 Å². The second-order valence-electron chi connectivity index (χ2n) is 8.22. The first kappa shape index (κ1) is 22.4. The predicted molar refractivity (Wildman–Crippen MR) is 123 cm³/mol. The normalized spacial score (nSPS) is 15.5. The zero-order chi connectivity index (χ0) is 23.5. The SMILES string of the molecule is COc1ccccc1NC(=O)c1cnc(C2CCCN2C(=O)Cc2c(C)n[nH]c2C)nc1C. The number of methoxy groups -OCH3 is 1. The Morgan fingerprint density at radius 1 is 1.21 bits per heavy atom. The van der Waals surface area contributed by atoms with Gasteiger partial charge in [0, 0.05) is 24.0 Å². The molecule has 0 aliphatic carbocycles. The number of aromatic nitrogens is 4. The minimum Gasteiger partial charge on any atom is -0.495 e. The van der Waals surface area contributed by atoms with E-state index in [2.05, 4.69) is 25.5 Å². The zero-order valence-corrected chi connectivity index (χ0v) is 19.3. The molecular formula is C24H28N6O3. The number of ether oxygens (including phenoxy) is 1. The highest BCUT2D eigenvalue weighted by Crippen LogP contribution is 2.31. The Morgan fingerprint density at radius 3 is 2.70 bits per heavy atom. The van der Waals surface area contributed by atoms with Crippen LogP contribution in [-0.4, -0.2) is 50.5 Å². The molecule has 9 nitrogen and oxygen atoms in total. The van der Waals surface area contributed by atoms with Crippen LogP contribution in [0.15, 0.2) is 30.5 Å². The largest absolute Gasteiger partial charge is 0.495 e. The molecule has 1 aromatic carbocycles. The average molecular weight is 449 g/mol. The summed E-state index contributed by atoms with van der Waals surface area (Å²) in [6, 6.07) is 7.01. The smallest absolute Gasteiger partial charge is 0.259 e. The van der Waals surface area contributed by atoms with Crippen molar-refractivity contribution >= 4 is 17.5 Å². The van der Waals surface area contributed by atoms with E-state index in [1.807, 2.05) is 30.9 Å². The number of hydrogen-bond donors (Lipinski definition) is 2. The van der Waals surface area contributed by atoms with Gasteiger partial charge in [-0.05, 0) is 45.7 Å². The summed E-state index contributed by atoms with van der Waals surface area (Å²) in [6.07, 6.45) is 3.51. The van der Waals surface area contributed by atoms with Crippen molar-refractivity contribution in [2.24, 2.45) is 0 Å². The van der Waals surface area contributed by atoms with Crippen LogP contribution < -0.4 is 10.1 Å². The van der Waals surface area contributed by atoms with Crippen molar-refractivity contribution in [2.75, 3.05) is 19.0 Å². The molecular weight excluding hydrogens is 420 g/mol. The van der Waals surface area contributed by atoms with Crippen LogP contribution in [0.4, 0.5) is 5.69 Å². The number of benzene rings is 1. The molecule has 2 amide bonds. The van der Waals surface area contributed by atoms with Crippen LogP contribution in [0.5, 0.6) is 5.75 Å². The van der Waals surface area contributed by atoms with Gasteiger partial charge >= 0.3 is 0 Å². The van der Waals surface area contributed by atoms with Crippen LogP contribution in [0.1, 0.15) is 57.7 Å². The van der Waals surface area contributed by atoms with Gasteiger partial charge in [0.2, 0.25) is 5.91 Å². The van der Waals surface area contributed by atoms with Crippen LogP contribution in [-0.2, 0) is 11.2 Å². The monoisotopic (exact) mass is 448 g/mol. The predicted octanol–water partition coefficient (Wildman–Crippen LogP) is 3.29. The van der Waals surface area contributed by atoms with E-state index >= 15 is 0 Å². The minimum atomic E-state index is -0.311. The molecule has 0 spiro atoms. The average Bonchev–Trinajstić information content (AvgIpc) is 3.42. The van der Waals surface area contributed by atoms with E-state index in [1.165, 1.54) is 6.20 Å². The maximum absolute atomic E-state index is 13.1. The van der Waals surface area contributed by atoms with Crippen molar-refractivity contribution in [3.8, 4) is 5.75 Å². The number of aromatic amines is 1. The summed E-state index contributed by atoms with van der Waals surface area (Å²) in [4.78, 5) is 36.8. The Morgan fingerprint density at radius 2 is 2.00 bits per heavy atom. The van der Waals surface area contributed by atoms with Crippen LogP contribution in [0.2, 0.25) is 0 Å². The molecule has 1 atom stereocenters. The number of likely N-dealkylation sites (tertiary alicyclic amines) is 1. The lowest BCUT2D eigenvalue weighted by atomic mass is 10.1. The van der Waals surface area contributed by atoms with E-state index in [1.54, 1.807) is 26.2 Å². The van der Waals surface area contributed by atoms with E-state index < -0.39 is 0 Å². The highest BCUT2D eigenvalue weighted by Gasteiger charge is 2.33. The zero-order valence-electron chi connectivity index (χ0n) is 19.3. The maximum atomic E-state index is 13.1. The van der Waals surface area contributed by atoms with E-state index in [0.717, 1.165) is 29.8 Å². The van der Waals surface area contributed by atoms with E-state index in [-0.39, 0.29) is 17.9 Å². The standard InChI is InChI=1S/C24H28N6O3/c1-14-18(24(32)27-19-8-5-6-10-21(19)33-4)13-25-23(26-14)20-9-7-11-30(20)22(31)12-17-15(2)28-29-16(17)3/h5-6,8,10,13,20H,7,9,11-12H2,1-4H3,(H,27,32)(H,28,29). The third-order valence-corrected chi connectivity index (χ3v) is 6.08. The van der Waals surface area contributed by atoms with Crippen molar-refractivity contribution in [3.05, 3.63) is 64.5 Å². The number of para-hydroxylation sites is 2. The number of carbonyl (C=O) groups is 2. The lowest BCUT2D eigenvalue weighted by Crippen LogP contribution is -2.33. The van der Waals surface area contributed by atoms with Gasteiger partial charge in [0.1, 0.15) is 5.75 Å². The number of rotatable bonds is 6. The number of nitrogens with zero attached hydrogens (tertiary/aromatic N) is 4. The third kappa shape index (κ3) is 4.57. The van der Waals surface area contributed by atoms with Gasteiger partial charge in [0.15, 0.2) is 5.82 Å². The molecule has 0 radical (unpaired) electrons. The van der Waals surface area contributed by atoms with Gasteiger partial charge in [-0.25, -0.2) is 9.97 Å².